The molecule has 0 saturated heterocycles. The number of anilines is 1. The second kappa shape index (κ2) is 5.25. The maximum atomic E-state index is 11.2. The zero-order valence-corrected chi connectivity index (χ0v) is 8.21. The third-order valence-electron chi connectivity index (χ3n) is 1.64. The SMILES string of the molecule is N#Cc1ccccc1NC(=O)CCCl. The van der Waals surface area contributed by atoms with Crippen molar-refractivity contribution < 1.29 is 4.79 Å². The van der Waals surface area contributed by atoms with E-state index in [0.29, 0.717) is 11.3 Å². The van der Waals surface area contributed by atoms with Crippen LogP contribution >= 0.6 is 11.6 Å². The van der Waals surface area contributed by atoms with Crippen molar-refractivity contribution in [2.75, 3.05) is 11.2 Å². The topological polar surface area (TPSA) is 52.9 Å². The number of amides is 1. The highest BCUT2D eigenvalue weighted by Crippen LogP contribution is 2.13. The minimum Gasteiger partial charge on any atom is -0.325 e. The van der Waals surface area contributed by atoms with E-state index >= 15 is 0 Å². The van der Waals surface area contributed by atoms with Gasteiger partial charge in [0.2, 0.25) is 5.91 Å². The molecule has 1 N–H and O–H groups in total. The quantitative estimate of drug-likeness (QED) is 0.774. The number of alkyl halides is 1. The van der Waals surface area contributed by atoms with Crippen LogP contribution < -0.4 is 5.32 Å². The lowest BCUT2D eigenvalue weighted by molar-refractivity contribution is -0.115. The minimum atomic E-state index is -0.178. The predicted molar refractivity (Wildman–Crippen MR) is 55.1 cm³/mol. The lowest BCUT2D eigenvalue weighted by Crippen LogP contribution is -2.12. The third kappa shape index (κ3) is 2.75. The fraction of sp³-hybridized carbons (Fsp3) is 0.200. The monoisotopic (exact) mass is 208 g/mol. The Hall–Kier alpha value is -1.53. The standard InChI is InChI=1S/C10H9ClN2O/c11-6-5-10(14)13-9-4-2-1-3-8(9)7-12/h1-4H,5-6H2,(H,13,14). The van der Waals surface area contributed by atoms with Crippen LogP contribution in [-0.2, 0) is 4.79 Å². The van der Waals surface area contributed by atoms with Crippen LogP contribution in [0.4, 0.5) is 5.69 Å². The summed E-state index contributed by atoms with van der Waals surface area (Å²) in [5.74, 6) is 0.100. The average molecular weight is 209 g/mol. The summed E-state index contributed by atoms with van der Waals surface area (Å²) in [6.45, 7) is 0. The van der Waals surface area contributed by atoms with Gasteiger partial charge < -0.3 is 5.32 Å². The molecule has 14 heavy (non-hydrogen) atoms. The van der Waals surface area contributed by atoms with Gasteiger partial charge in [-0.3, -0.25) is 4.79 Å². The maximum absolute atomic E-state index is 11.2. The lowest BCUT2D eigenvalue weighted by atomic mass is 10.2. The van der Waals surface area contributed by atoms with Crippen LogP contribution in [0.2, 0.25) is 0 Å². The van der Waals surface area contributed by atoms with Crippen molar-refractivity contribution in [3.63, 3.8) is 0 Å². The number of nitrogens with zero attached hydrogens (tertiary/aromatic N) is 1. The maximum Gasteiger partial charge on any atom is 0.225 e. The molecule has 0 atom stereocenters. The molecule has 0 spiro atoms. The Bertz CT molecular complexity index is 371. The van der Waals surface area contributed by atoms with Crippen LogP contribution in [0.3, 0.4) is 0 Å². The van der Waals surface area contributed by atoms with Crippen LogP contribution in [0.1, 0.15) is 12.0 Å². The molecule has 0 aliphatic carbocycles. The van der Waals surface area contributed by atoms with E-state index in [2.05, 4.69) is 5.32 Å². The Labute approximate surface area is 87.3 Å². The second-order valence-electron chi connectivity index (χ2n) is 2.64. The first-order valence-electron chi connectivity index (χ1n) is 4.13. The van der Waals surface area contributed by atoms with Gasteiger partial charge in [-0.05, 0) is 12.1 Å². The molecule has 72 valence electrons. The Morgan fingerprint density at radius 2 is 2.21 bits per heavy atom. The molecule has 1 rings (SSSR count). The van der Waals surface area contributed by atoms with E-state index in [4.69, 9.17) is 16.9 Å². The summed E-state index contributed by atoms with van der Waals surface area (Å²) >= 11 is 5.41. The van der Waals surface area contributed by atoms with Gasteiger partial charge in [0, 0.05) is 12.3 Å². The van der Waals surface area contributed by atoms with E-state index in [1.807, 2.05) is 6.07 Å². The van der Waals surface area contributed by atoms with Crippen molar-refractivity contribution in [2.24, 2.45) is 0 Å². The summed E-state index contributed by atoms with van der Waals surface area (Å²) < 4.78 is 0. The number of benzene rings is 1. The van der Waals surface area contributed by atoms with Crippen molar-refractivity contribution in [3.8, 4) is 6.07 Å². The molecular formula is C10H9ClN2O. The van der Waals surface area contributed by atoms with Crippen LogP contribution in [0, 0.1) is 11.3 Å². The number of halogens is 1. The first kappa shape index (κ1) is 10.6. The number of rotatable bonds is 3. The second-order valence-corrected chi connectivity index (χ2v) is 3.02. The summed E-state index contributed by atoms with van der Waals surface area (Å²) in [6, 6.07) is 8.84. The summed E-state index contributed by atoms with van der Waals surface area (Å²) in [4.78, 5) is 11.2. The molecule has 0 radical (unpaired) electrons. The number of hydrogen-bond acceptors (Lipinski definition) is 2. The fourth-order valence-corrected chi connectivity index (χ4v) is 1.16. The first-order chi connectivity index (χ1) is 6.77. The average Bonchev–Trinajstić information content (AvgIpc) is 2.19. The highest BCUT2D eigenvalue weighted by atomic mass is 35.5. The molecule has 0 unspecified atom stereocenters. The molecule has 0 aromatic heterocycles. The summed E-state index contributed by atoms with van der Waals surface area (Å²) in [5.41, 5.74) is 0.987. The number of hydrogen-bond donors (Lipinski definition) is 1. The van der Waals surface area contributed by atoms with Crippen LogP contribution in [-0.4, -0.2) is 11.8 Å². The summed E-state index contributed by atoms with van der Waals surface area (Å²) in [5, 5.41) is 11.4. The van der Waals surface area contributed by atoms with E-state index in [0.717, 1.165) is 0 Å². The van der Waals surface area contributed by atoms with Crippen LogP contribution in [0.15, 0.2) is 24.3 Å². The molecule has 1 aromatic rings. The molecule has 0 fully saturated rings. The van der Waals surface area contributed by atoms with Crippen molar-refractivity contribution in [1.29, 1.82) is 5.26 Å². The smallest absolute Gasteiger partial charge is 0.225 e. The van der Waals surface area contributed by atoms with Gasteiger partial charge in [0.05, 0.1) is 11.3 Å². The van der Waals surface area contributed by atoms with E-state index in [-0.39, 0.29) is 18.2 Å². The minimum absolute atomic E-state index is 0.178. The predicted octanol–water partition coefficient (Wildman–Crippen LogP) is 2.13. The van der Waals surface area contributed by atoms with Crippen LogP contribution in [0.5, 0.6) is 0 Å². The van der Waals surface area contributed by atoms with Gasteiger partial charge in [0.1, 0.15) is 6.07 Å². The van der Waals surface area contributed by atoms with Gasteiger partial charge in [0.15, 0.2) is 0 Å². The number of para-hydroxylation sites is 1. The molecule has 0 aliphatic heterocycles. The summed E-state index contributed by atoms with van der Waals surface area (Å²) in [6.07, 6.45) is 0.251. The van der Waals surface area contributed by atoms with Gasteiger partial charge in [-0.1, -0.05) is 12.1 Å². The summed E-state index contributed by atoms with van der Waals surface area (Å²) in [7, 11) is 0. The van der Waals surface area contributed by atoms with E-state index in [1.165, 1.54) is 0 Å². The Kier molecular flexibility index (Phi) is 3.96. The molecule has 3 nitrogen and oxygen atoms in total. The fourth-order valence-electron chi connectivity index (χ4n) is 0.988. The van der Waals surface area contributed by atoms with E-state index in [9.17, 15) is 4.79 Å². The van der Waals surface area contributed by atoms with Gasteiger partial charge in [-0.15, -0.1) is 11.6 Å². The van der Waals surface area contributed by atoms with E-state index < -0.39 is 0 Å². The number of carbonyl (C=O) groups excluding carboxylic acids is 1. The lowest BCUT2D eigenvalue weighted by Gasteiger charge is -2.04. The normalized spacial score (nSPS) is 9.14. The third-order valence-corrected chi connectivity index (χ3v) is 1.83. The number of nitriles is 1. The molecule has 0 heterocycles. The highest BCUT2D eigenvalue weighted by Gasteiger charge is 2.04. The Morgan fingerprint density at radius 3 is 2.86 bits per heavy atom. The molecular weight excluding hydrogens is 200 g/mol. The van der Waals surface area contributed by atoms with Crippen molar-refractivity contribution in [3.05, 3.63) is 29.8 Å². The Morgan fingerprint density at radius 1 is 1.50 bits per heavy atom. The van der Waals surface area contributed by atoms with Gasteiger partial charge in [0.25, 0.3) is 0 Å². The first-order valence-corrected chi connectivity index (χ1v) is 4.66. The number of carbonyl (C=O) groups is 1. The van der Waals surface area contributed by atoms with E-state index in [1.54, 1.807) is 24.3 Å². The van der Waals surface area contributed by atoms with Gasteiger partial charge >= 0.3 is 0 Å². The van der Waals surface area contributed by atoms with Crippen molar-refractivity contribution in [2.45, 2.75) is 6.42 Å². The molecule has 0 saturated carbocycles. The molecule has 0 bridgehead atoms. The van der Waals surface area contributed by atoms with Gasteiger partial charge in [-0.25, -0.2) is 0 Å². The highest BCUT2D eigenvalue weighted by molar-refractivity contribution is 6.19. The van der Waals surface area contributed by atoms with Crippen LogP contribution in [0.25, 0.3) is 0 Å². The zero-order chi connectivity index (χ0) is 10.4. The largest absolute Gasteiger partial charge is 0.325 e. The molecule has 1 amide bonds. The molecule has 1 aromatic carbocycles. The van der Waals surface area contributed by atoms with Crippen molar-refractivity contribution in [1.82, 2.24) is 0 Å². The van der Waals surface area contributed by atoms with Gasteiger partial charge in [-0.2, -0.15) is 5.26 Å². The molecule has 4 heteroatoms. The van der Waals surface area contributed by atoms with Crippen molar-refractivity contribution >= 4 is 23.2 Å². The number of nitrogens with one attached hydrogen (secondary N) is 1. The Balaban J connectivity index is 2.77. The zero-order valence-electron chi connectivity index (χ0n) is 7.46. The molecule has 0 aliphatic rings.